The Morgan fingerprint density at radius 3 is 2.88 bits per heavy atom. The van der Waals surface area contributed by atoms with Gasteiger partial charge in [-0.25, -0.2) is 4.98 Å². The fourth-order valence-electron chi connectivity index (χ4n) is 2.19. The third-order valence-electron chi connectivity index (χ3n) is 3.29. The van der Waals surface area contributed by atoms with Crippen LogP contribution in [0.2, 0.25) is 0 Å². The number of nitrogens with zero attached hydrogens (tertiary/aromatic N) is 3. The first-order chi connectivity index (χ1) is 11.5. The maximum atomic E-state index is 12.0. The standard InChI is InChI=1S/C17H14N4O2S/c1-10-3-4-12-7-13(8-18)17(19-14(12)5-10)24-9-16(22)20-15-6-11(2)23-21-15/h3-7H,9H2,1-2H3,(H,20,21,22). The SMILES string of the molecule is Cc1ccc2cc(C#N)c(SCC(=O)Nc3cc(C)on3)nc2c1. The number of hydrogen-bond acceptors (Lipinski definition) is 6. The van der Waals surface area contributed by atoms with E-state index in [4.69, 9.17) is 4.52 Å². The Morgan fingerprint density at radius 2 is 2.17 bits per heavy atom. The second-order valence-electron chi connectivity index (χ2n) is 5.31. The van der Waals surface area contributed by atoms with E-state index >= 15 is 0 Å². The summed E-state index contributed by atoms with van der Waals surface area (Å²) in [6.07, 6.45) is 0. The number of benzene rings is 1. The summed E-state index contributed by atoms with van der Waals surface area (Å²) in [4.78, 5) is 16.5. The molecule has 0 unspecified atom stereocenters. The van der Waals surface area contributed by atoms with Gasteiger partial charge in [-0.3, -0.25) is 4.79 Å². The highest BCUT2D eigenvalue weighted by Crippen LogP contribution is 2.25. The average Bonchev–Trinajstić information content (AvgIpc) is 2.96. The molecule has 0 atom stereocenters. The molecule has 0 saturated carbocycles. The summed E-state index contributed by atoms with van der Waals surface area (Å²) < 4.78 is 4.90. The summed E-state index contributed by atoms with van der Waals surface area (Å²) in [5.41, 5.74) is 2.36. The smallest absolute Gasteiger partial charge is 0.236 e. The van der Waals surface area contributed by atoms with Gasteiger partial charge in [0.1, 0.15) is 16.9 Å². The van der Waals surface area contributed by atoms with Crippen molar-refractivity contribution in [3.8, 4) is 6.07 Å². The van der Waals surface area contributed by atoms with Gasteiger partial charge in [0.2, 0.25) is 5.91 Å². The fourth-order valence-corrected chi connectivity index (χ4v) is 2.95. The highest BCUT2D eigenvalue weighted by Gasteiger charge is 2.12. The van der Waals surface area contributed by atoms with Crippen LogP contribution in [-0.2, 0) is 4.79 Å². The Bertz CT molecular complexity index is 959. The van der Waals surface area contributed by atoms with Gasteiger partial charge < -0.3 is 9.84 Å². The van der Waals surface area contributed by atoms with Gasteiger partial charge >= 0.3 is 0 Å². The number of aryl methyl sites for hydroxylation is 2. The van der Waals surface area contributed by atoms with Crippen molar-refractivity contribution in [3.63, 3.8) is 0 Å². The van der Waals surface area contributed by atoms with Gasteiger partial charge in [-0.15, -0.1) is 0 Å². The Hall–Kier alpha value is -2.85. The zero-order chi connectivity index (χ0) is 17.1. The molecule has 0 saturated heterocycles. The minimum absolute atomic E-state index is 0.130. The van der Waals surface area contributed by atoms with Crippen LogP contribution in [0.15, 0.2) is 39.9 Å². The summed E-state index contributed by atoms with van der Waals surface area (Å²) >= 11 is 1.22. The molecule has 7 heteroatoms. The summed E-state index contributed by atoms with van der Waals surface area (Å²) in [6.45, 7) is 3.73. The fraction of sp³-hybridized carbons (Fsp3) is 0.176. The molecule has 0 aliphatic heterocycles. The average molecular weight is 338 g/mol. The minimum atomic E-state index is -0.233. The Morgan fingerprint density at radius 1 is 1.33 bits per heavy atom. The van der Waals surface area contributed by atoms with E-state index in [0.717, 1.165) is 16.5 Å². The van der Waals surface area contributed by atoms with Gasteiger partial charge in [0.15, 0.2) is 5.82 Å². The topological polar surface area (TPSA) is 91.8 Å². The number of aromatic nitrogens is 2. The van der Waals surface area contributed by atoms with Crippen molar-refractivity contribution < 1.29 is 9.32 Å². The summed E-state index contributed by atoms with van der Waals surface area (Å²) in [5, 5.41) is 17.1. The number of thioether (sulfide) groups is 1. The molecule has 24 heavy (non-hydrogen) atoms. The van der Waals surface area contributed by atoms with E-state index in [-0.39, 0.29) is 11.7 Å². The van der Waals surface area contributed by atoms with Crippen LogP contribution in [0, 0.1) is 25.2 Å². The van der Waals surface area contributed by atoms with E-state index < -0.39 is 0 Å². The molecule has 2 aromatic heterocycles. The molecule has 1 N–H and O–H groups in total. The molecule has 2 heterocycles. The highest BCUT2D eigenvalue weighted by atomic mass is 32.2. The third-order valence-corrected chi connectivity index (χ3v) is 4.29. The lowest BCUT2D eigenvalue weighted by Gasteiger charge is -2.06. The number of rotatable bonds is 4. The van der Waals surface area contributed by atoms with Crippen LogP contribution in [0.3, 0.4) is 0 Å². The van der Waals surface area contributed by atoms with Crippen molar-refractivity contribution in [2.45, 2.75) is 18.9 Å². The Balaban J connectivity index is 1.76. The number of carbonyl (C=O) groups excluding carboxylic acids is 1. The molecule has 1 aromatic carbocycles. The molecule has 0 radical (unpaired) electrons. The molecule has 0 aliphatic rings. The van der Waals surface area contributed by atoms with Crippen LogP contribution in [-0.4, -0.2) is 21.8 Å². The molecule has 6 nitrogen and oxygen atoms in total. The van der Waals surface area contributed by atoms with Crippen LogP contribution < -0.4 is 5.32 Å². The van der Waals surface area contributed by atoms with E-state index in [1.807, 2.05) is 25.1 Å². The van der Waals surface area contributed by atoms with E-state index in [0.29, 0.717) is 22.2 Å². The molecule has 3 rings (SSSR count). The van der Waals surface area contributed by atoms with E-state index in [1.165, 1.54) is 11.8 Å². The lowest BCUT2D eigenvalue weighted by atomic mass is 10.1. The molecule has 1 amide bonds. The first kappa shape index (κ1) is 16.0. The summed E-state index contributed by atoms with van der Waals surface area (Å²) in [6, 6.07) is 11.4. The third kappa shape index (κ3) is 3.55. The monoisotopic (exact) mass is 338 g/mol. The number of anilines is 1. The zero-order valence-electron chi connectivity index (χ0n) is 13.2. The van der Waals surface area contributed by atoms with E-state index in [9.17, 15) is 10.1 Å². The van der Waals surface area contributed by atoms with Gasteiger partial charge in [-0.2, -0.15) is 5.26 Å². The van der Waals surface area contributed by atoms with Crippen LogP contribution in [0.5, 0.6) is 0 Å². The van der Waals surface area contributed by atoms with Gasteiger partial charge in [0.25, 0.3) is 0 Å². The Kier molecular flexibility index (Phi) is 4.49. The quantitative estimate of drug-likeness (QED) is 0.733. The second kappa shape index (κ2) is 6.72. The predicted octanol–water partition coefficient (Wildman–Crippen LogP) is 3.44. The largest absolute Gasteiger partial charge is 0.360 e. The number of fused-ring (bicyclic) bond motifs is 1. The molecular weight excluding hydrogens is 324 g/mol. The molecule has 120 valence electrons. The van der Waals surface area contributed by atoms with E-state index in [2.05, 4.69) is 21.5 Å². The number of hydrogen-bond donors (Lipinski definition) is 1. The first-order valence-electron chi connectivity index (χ1n) is 7.22. The van der Waals surface area contributed by atoms with Crippen LogP contribution >= 0.6 is 11.8 Å². The zero-order valence-corrected chi connectivity index (χ0v) is 14.0. The van der Waals surface area contributed by atoms with Crippen molar-refractivity contribution in [2.24, 2.45) is 0 Å². The normalized spacial score (nSPS) is 10.5. The molecule has 3 aromatic rings. The van der Waals surface area contributed by atoms with Crippen LogP contribution in [0.25, 0.3) is 10.9 Å². The maximum absolute atomic E-state index is 12.0. The van der Waals surface area contributed by atoms with E-state index in [1.54, 1.807) is 19.1 Å². The van der Waals surface area contributed by atoms with Gasteiger partial charge in [-0.05, 0) is 31.5 Å². The number of amides is 1. The lowest BCUT2D eigenvalue weighted by molar-refractivity contribution is -0.113. The van der Waals surface area contributed by atoms with Crippen LogP contribution in [0.4, 0.5) is 5.82 Å². The Labute approximate surface area is 142 Å². The first-order valence-corrected chi connectivity index (χ1v) is 8.21. The molecule has 0 fully saturated rings. The second-order valence-corrected chi connectivity index (χ2v) is 6.27. The van der Waals surface area contributed by atoms with Crippen molar-refractivity contribution in [1.82, 2.24) is 10.1 Å². The molecule has 0 bridgehead atoms. The van der Waals surface area contributed by atoms with Crippen molar-refractivity contribution in [2.75, 3.05) is 11.1 Å². The summed E-state index contributed by atoms with van der Waals surface area (Å²) in [7, 11) is 0. The molecular formula is C17H14N4O2S. The number of pyridine rings is 1. The predicted molar refractivity (Wildman–Crippen MR) is 91.8 cm³/mol. The minimum Gasteiger partial charge on any atom is -0.360 e. The molecule has 0 spiro atoms. The number of carbonyl (C=O) groups is 1. The van der Waals surface area contributed by atoms with Crippen molar-refractivity contribution >= 4 is 34.4 Å². The van der Waals surface area contributed by atoms with Gasteiger partial charge in [0.05, 0.1) is 16.8 Å². The number of nitriles is 1. The van der Waals surface area contributed by atoms with Gasteiger partial charge in [0, 0.05) is 11.5 Å². The van der Waals surface area contributed by atoms with Crippen LogP contribution in [0.1, 0.15) is 16.9 Å². The lowest BCUT2D eigenvalue weighted by Crippen LogP contribution is -2.14. The highest BCUT2D eigenvalue weighted by molar-refractivity contribution is 8.00. The number of nitrogens with one attached hydrogen (secondary N) is 1. The maximum Gasteiger partial charge on any atom is 0.236 e. The molecule has 0 aliphatic carbocycles. The van der Waals surface area contributed by atoms with Crippen molar-refractivity contribution in [3.05, 3.63) is 47.2 Å². The summed E-state index contributed by atoms with van der Waals surface area (Å²) in [5.74, 6) is 0.894. The van der Waals surface area contributed by atoms with Crippen molar-refractivity contribution in [1.29, 1.82) is 5.26 Å². The van der Waals surface area contributed by atoms with Gasteiger partial charge in [-0.1, -0.05) is 29.1 Å².